The van der Waals surface area contributed by atoms with Gasteiger partial charge in [-0.3, -0.25) is 4.90 Å². The second-order valence-electron chi connectivity index (χ2n) is 10.2. The Labute approximate surface area is 194 Å². The molecule has 0 spiro atoms. The molecule has 6 nitrogen and oxygen atoms in total. The van der Waals surface area contributed by atoms with Gasteiger partial charge in [-0.15, -0.1) is 0 Å². The fraction of sp³-hybridized carbons (Fsp3) is 0.692. The van der Waals surface area contributed by atoms with Crippen molar-refractivity contribution in [2.45, 2.75) is 51.7 Å². The summed E-state index contributed by atoms with van der Waals surface area (Å²) in [5.41, 5.74) is 10.8. The highest BCUT2D eigenvalue weighted by Crippen LogP contribution is 2.25. The molecule has 0 saturated carbocycles. The lowest BCUT2D eigenvalue weighted by molar-refractivity contribution is 0.0188. The van der Waals surface area contributed by atoms with Crippen molar-refractivity contribution >= 4 is 11.4 Å². The van der Waals surface area contributed by atoms with Crippen LogP contribution in [-0.2, 0) is 4.74 Å². The highest BCUT2D eigenvalue weighted by Gasteiger charge is 2.29. The van der Waals surface area contributed by atoms with E-state index >= 15 is 0 Å². The molecular formula is C26H43N5O. The lowest BCUT2D eigenvalue weighted by Crippen LogP contribution is -2.50. The third-order valence-corrected chi connectivity index (χ3v) is 7.50. The van der Waals surface area contributed by atoms with Gasteiger partial charge in [0.25, 0.3) is 0 Å². The number of benzene rings is 1. The number of hydrogen-bond donors (Lipinski definition) is 2. The fourth-order valence-corrected chi connectivity index (χ4v) is 5.58. The molecule has 0 aliphatic carbocycles. The van der Waals surface area contributed by atoms with Gasteiger partial charge in [0.15, 0.2) is 0 Å². The lowest BCUT2D eigenvalue weighted by Gasteiger charge is -2.38. The summed E-state index contributed by atoms with van der Waals surface area (Å²) in [6.07, 6.45) is 7.18. The Kier molecular flexibility index (Phi) is 7.98. The average molecular weight is 442 g/mol. The smallest absolute Gasteiger partial charge is 0.0747 e. The zero-order valence-electron chi connectivity index (χ0n) is 20.4. The van der Waals surface area contributed by atoms with Crippen LogP contribution in [-0.4, -0.2) is 81.4 Å². The van der Waals surface area contributed by atoms with Gasteiger partial charge in [-0.05, 0) is 63.3 Å². The standard InChI is InChI=1S/C26H43N5O/c1-20-14-23(29(3)18-20)19-30-9-11-31(12-10-30)22-7-8-25(21(2)15-22)26(27)17-28-16-24-6-4-5-13-32-24/h7-8,15,17,20,23-24,28H,4-6,9-14,16,18-19,27H2,1-3H3/b26-17-. The van der Waals surface area contributed by atoms with Gasteiger partial charge >= 0.3 is 0 Å². The van der Waals surface area contributed by atoms with E-state index in [4.69, 9.17) is 10.5 Å². The molecule has 3 unspecified atom stereocenters. The van der Waals surface area contributed by atoms with E-state index < -0.39 is 0 Å². The number of nitrogens with zero attached hydrogens (tertiary/aromatic N) is 3. The Hall–Kier alpha value is -1.76. The minimum Gasteiger partial charge on any atom is -0.397 e. The largest absolute Gasteiger partial charge is 0.397 e. The highest BCUT2D eigenvalue weighted by molar-refractivity contribution is 5.68. The monoisotopic (exact) mass is 441 g/mol. The van der Waals surface area contributed by atoms with Crippen LogP contribution in [0.25, 0.3) is 5.70 Å². The molecule has 1 aromatic rings. The van der Waals surface area contributed by atoms with Gasteiger partial charge in [0.2, 0.25) is 0 Å². The van der Waals surface area contributed by atoms with Crippen LogP contribution >= 0.6 is 0 Å². The molecule has 178 valence electrons. The van der Waals surface area contributed by atoms with Crippen molar-refractivity contribution in [1.29, 1.82) is 0 Å². The quantitative estimate of drug-likeness (QED) is 0.679. The average Bonchev–Trinajstić information content (AvgIpc) is 3.11. The van der Waals surface area contributed by atoms with E-state index in [0.29, 0.717) is 6.10 Å². The van der Waals surface area contributed by atoms with Gasteiger partial charge < -0.3 is 25.6 Å². The summed E-state index contributed by atoms with van der Waals surface area (Å²) in [6, 6.07) is 7.43. The third-order valence-electron chi connectivity index (χ3n) is 7.50. The van der Waals surface area contributed by atoms with Crippen molar-refractivity contribution in [3.05, 3.63) is 35.5 Å². The topological polar surface area (TPSA) is 57.0 Å². The first-order valence-corrected chi connectivity index (χ1v) is 12.6. The van der Waals surface area contributed by atoms with Crippen LogP contribution in [0.1, 0.15) is 43.7 Å². The number of anilines is 1. The number of piperazine rings is 1. The Morgan fingerprint density at radius 1 is 1.22 bits per heavy atom. The van der Waals surface area contributed by atoms with Crippen molar-refractivity contribution in [1.82, 2.24) is 15.1 Å². The Balaban J connectivity index is 1.27. The second kappa shape index (κ2) is 10.9. The first-order valence-electron chi connectivity index (χ1n) is 12.6. The lowest BCUT2D eigenvalue weighted by atomic mass is 10.0. The summed E-state index contributed by atoms with van der Waals surface area (Å²) in [4.78, 5) is 7.72. The van der Waals surface area contributed by atoms with Crippen LogP contribution in [0.2, 0.25) is 0 Å². The summed E-state index contributed by atoms with van der Waals surface area (Å²) in [5.74, 6) is 0.838. The molecule has 3 atom stereocenters. The van der Waals surface area contributed by atoms with E-state index in [9.17, 15) is 0 Å². The Morgan fingerprint density at radius 3 is 2.69 bits per heavy atom. The Bertz CT molecular complexity index is 767. The molecule has 0 bridgehead atoms. The normalized spacial score (nSPS) is 28.3. The first-order chi connectivity index (χ1) is 15.5. The number of hydrogen-bond acceptors (Lipinski definition) is 6. The molecule has 4 rings (SSSR count). The highest BCUT2D eigenvalue weighted by atomic mass is 16.5. The molecule has 3 aliphatic rings. The van der Waals surface area contributed by atoms with Crippen LogP contribution < -0.4 is 16.0 Å². The summed E-state index contributed by atoms with van der Waals surface area (Å²) in [7, 11) is 2.29. The van der Waals surface area contributed by atoms with E-state index in [1.54, 1.807) is 0 Å². The van der Waals surface area contributed by atoms with Gasteiger partial charge in [-0.1, -0.05) is 13.0 Å². The first kappa shape index (κ1) is 23.4. The van der Waals surface area contributed by atoms with Crippen LogP contribution in [0, 0.1) is 12.8 Å². The van der Waals surface area contributed by atoms with Gasteiger partial charge in [0, 0.05) is 75.9 Å². The number of likely N-dealkylation sites (N-methyl/N-ethyl adjacent to an activating group) is 1. The van der Waals surface area contributed by atoms with E-state index in [0.717, 1.165) is 69.0 Å². The van der Waals surface area contributed by atoms with Gasteiger partial charge in [0.1, 0.15) is 0 Å². The van der Waals surface area contributed by atoms with Crippen molar-refractivity contribution in [3.8, 4) is 0 Å². The van der Waals surface area contributed by atoms with Gasteiger partial charge in [-0.25, -0.2) is 0 Å². The van der Waals surface area contributed by atoms with Crippen LogP contribution in [0.5, 0.6) is 0 Å². The number of ether oxygens (including phenoxy) is 1. The van der Waals surface area contributed by atoms with Crippen LogP contribution in [0.3, 0.4) is 0 Å². The van der Waals surface area contributed by atoms with Crippen molar-refractivity contribution < 1.29 is 4.74 Å². The summed E-state index contributed by atoms with van der Waals surface area (Å²) < 4.78 is 5.78. The maximum absolute atomic E-state index is 6.39. The van der Waals surface area contributed by atoms with E-state index in [1.807, 2.05) is 6.20 Å². The molecule has 3 heterocycles. The fourth-order valence-electron chi connectivity index (χ4n) is 5.58. The van der Waals surface area contributed by atoms with Crippen molar-refractivity contribution in [3.63, 3.8) is 0 Å². The zero-order chi connectivity index (χ0) is 22.5. The number of nitrogens with one attached hydrogen (secondary N) is 1. The molecule has 3 aliphatic heterocycles. The molecule has 6 heteroatoms. The molecule has 0 aromatic heterocycles. The maximum Gasteiger partial charge on any atom is 0.0747 e. The van der Waals surface area contributed by atoms with E-state index in [-0.39, 0.29) is 0 Å². The molecule has 3 N–H and O–H groups in total. The second-order valence-corrected chi connectivity index (χ2v) is 10.2. The van der Waals surface area contributed by atoms with E-state index in [2.05, 4.69) is 59.1 Å². The van der Waals surface area contributed by atoms with Crippen LogP contribution in [0.4, 0.5) is 5.69 Å². The number of likely N-dealkylation sites (tertiary alicyclic amines) is 1. The molecule has 3 saturated heterocycles. The van der Waals surface area contributed by atoms with Gasteiger partial charge in [0.05, 0.1) is 11.8 Å². The predicted octanol–water partition coefficient (Wildman–Crippen LogP) is 2.87. The molecular weight excluding hydrogens is 398 g/mol. The zero-order valence-corrected chi connectivity index (χ0v) is 20.4. The molecule has 0 amide bonds. The van der Waals surface area contributed by atoms with Crippen LogP contribution in [0.15, 0.2) is 24.4 Å². The van der Waals surface area contributed by atoms with Crippen molar-refractivity contribution in [2.75, 3.05) is 64.4 Å². The molecule has 3 fully saturated rings. The molecule has 0 radical (unpaired) electrons. The summed E-state index contributed by atoms with van der Waals surface area (Å²) in [5, 5.41) is 3.37. The minimum absolute atomic E-state index is 0.312. The maximum atomic E-state index is 6.39. The van der Waals surface area contributed by atoms with Gasteiger partial charge in [-0.2, -0.15) is 0 Å². The third kappa shape index (κ3) is 5.97. The molecule has 32 heavy (non-hydrogen) atoms. The molecule has 1 aromatic carbocycles. The summed E-state index contributed by atoms with van der Waals surface area (Å²) >= 11 is 0. The number of aryl methyl sites for hydroxylation is 1. The summed E-state index contributed by atoms with van der Waals surface area (Å²) in [6.45, 7) is 13.2. The number of nitrogens with two attached hydrogens (primary N) is 1. The minimum atomic E-state index is 0.312. The predicted molar refractivity (Wildman–Crippen MR) is 134 cm³/mol. The number of rotatable bonds is 7. The Morgan fingerprint density at radius 2 is 2.03 bits per heavy atom. The SMILES string of the molecule is Cc1cc(N2CCN(CC3CC(C)CN3C)CC2)ccc1/C(N)=C/NCC1CCCCO1. The van der Waals surface area contributed by atoms with Crippen molar-refractivity contribution in [2.24, 2.45) is 11.7 Å². The van der Waals surface area contributed by atoms with E-state index in [1.165, 1.54) is 43.6 Å².